The first-order valence-corrected chi connectivity index (χ1v) is 6.90. The molecule has 1 N–H and O–H groups in total. The van der Waals surface area contributed by atoms with E-state index in [4.69, 9.17) is 16.6 Å². The molecule has 1 atom stereocenters. The van der Waals surface area contributed by atoms with Crippen LogP contribution < -0.4 is 5.32 Å². The van der Waals surface area contributed by atoms with Gasteiger partial charge in [0.25, 0.3) is 0 Å². The van der Waals surface area contributed by atoms with Crippen molar-refractivity contribution in [2.75, 3.05) is 6.54 Å². The molecular formula is C14H18ClN3. The first kappa shape index (κ1) is 12.0. The molecule has 1 aliphatic rings. The van der Waals surface area contributed by atoms with Crippen molar-refractivity contribution in [1.29, 1.82) is 0 Å². The average molecular weight is 264 g/mol. The Bertz CT molecular complexity index is 582. The molecule has 2 heterocycles. The maximum absolute atomic E-state index is 6.11. The lowest BCUT2D eigenvalue weighted by Gasteiger charge is -2.22. The zero-order chi connectivity index (χ0) is 12.7. The zero-order valence-corrected chi connectivity index (χ0v) is 11.6. The van der Waals surface area contributed by atoms with Crippen molar-refractivity contribution in [3.63, 3.8) is 0 Å². The monoisotopic (exact) mass is 263 g/mol. The lowest BCUT2D eigenvalue weighted by Crippen LogP contribution is -2.28. The van der Waals surface area contributed by atoms with E-state index >= 15 is 0 Å². The molecule has 0 amide bonds. The predicted molar refractivity (Wildman–Crippen MR) is 75.1 cm³/mol. The molecule has 1 saturated heterocycles. The topological polar surface area (TPSA) is 29.9 Å². The summed E-state index contributed by atoms with van der Waals surface area (Å²) in [5.41, 5.74) is 3.39. The van der Waals surface area contributed by atoms with Gasteiger partial charge in [-0.25, -0.2) is 4.98 Å². The largest absolute Gasteiger partial charge is 0.330 e. The molecule has 3 nitrogen and oxygen atoms in total. The number of rotatable bonds is 1. The minimum atomic E-state index is 0.384. The average Bonchev–Trinajstić information content (AvgIpc) is 2.67. The minimum absolute atomic E-state index is 0.384. The molecule has 0 radical (unpaired) electrons. The van der Waals surface area contributed by atoms with Crippen molar-refractivity contribution in [2.45, 2.75) is 32.2 Å². The van der Waals surface area contributed by atoms with E-state index in [1.807, 2.05) is 12.1 Å². The van der Waals surface area contributed by atoms with Gasteiger partial charge in [-0.2, -0.15) is 0 Å². The maximum atomic E-state index is 6.11. The molecule has 1 aliphatic heterocycles. The predicted octanol–water partition coefficient (Wildman–Crippen LogP) is 3.35. The van der Waals surface area contributed by atoms with Crippen LogP contribution in [-0.2, 0) is 7.05 Å². The number of benzene rings is 1. The van der Waals surface area contributed by atoms with Gasteiger partial charge in [0.05, 0.1) is 17.1 Å². The van der Waals surface area contributed by atoms with Gasteiger partial charge < -0.3 is 9.88 Å². The van der Waals surface area contributed by atoms with Crippen LogP contribution in [0.5, 0.6) is 0 Å². The Morgan fingerprint density at radius 2 is 2.22 bits per heavy atom. The Kier molecular flexibility index (Phi) is 3.04. The van der Waals surface area contributed by atoms with E-state index < -0.39 is 0 Å². The highest BCUT2D eigenvalue weighted by molar-refractivity contribution is 6.31. The van der Waals surface area contributed by atoms with Crippen LogP contribution in [-0.4, -0.2) is 16.1 Å². The Balaban J connectivity index is 2.13. The highest BCUT2D eigenvalue weighted by Crippen LogP contribution is 2.28. The summed E-state index contributed by atoms with van der Waals surface area (Å²) in [6.07, 6.45) is 3.72. The van der Waals surface area contributed by atoms with Gasteiger partial charge in [-0.1, -0.05) is 18.0 Å². The Morgan fingerprint density at radius 3 is 2.94 bits per heavy atom. The van der Waals surface area contributed by atoms with Crippen LogP contribution in [0.25, 0.3) is 11.0 Å². The molecule has 96 valence electrons. The van der Waals surface area contributed by atoms with Gasteiger partial charge in [0.2, 0.25) is 0 Å². The van der Waals surface area contributed by atoms with Crippen molar-refractivity contribution in [2.24, 2.45) is 7.05 Å². The number of hydrogen-bond acceptors (Lipinski definition) is 2. The number of imidazole rings is 1. The van der Waals surface area contributed by atoms with Crippen LogP contribution >= 0.6 is 11.6 Å². The number of nitrogens with one attached hydrogen (secondary N) is 1. The van der Waals surface area contributed by atoms with Gasteiger partial charge in [-0.05, 0) is 44.0 Å². The summed E-state index contributed by atoms with van der Waals surface area (Å²) in [5, 5.41) is 4.32. The molecule has 0 aliphatic carbocycles. The maximum Gasteiger partial charge on any atom is 0.126 e. The van der Waals surface area contributed by atoms with Crippen molar-refractivity contribution in [3.05, 3.63) is 28.5 Å². The van der Waals surface area contributed by atoms with E-state index in [1.54, 1.807) is 0 Å². The van der Waals surface area contributed by atoms with Gasteiger partial charge >= 0.3 is 0 Å². The van der Waals surface area contributed by atoms with Crippen LogP contribution in [0.3, 0.4) is 0 Å². The molecule has 1 fully saturated rings. The summed E-state index contributed by atoms with van der Waals surface area (Å²) in [6, 6.07) is 4.34. The molecule has 0 spiro atoms. The summed E-state index contributed by atoms with van der Waals surface area (Å²) in [6.45, 7) is 3.18. The molecule has 3 rings (SSSR count). The number of nitrogens with zero attached hydrogens (tertiary/aromatic N) is 2. The van der Waals surface area contributed by atoms with E-state index in [0.29, 0.717) is 6.04 Å². The van der Waals surface area contributed by atoms with E-state index in [2.05, 4.69) is 23.9 Å². The van der Waals surface area contributed by atoms with Crippen LogP contribution in [0.2, 0.25) is 5.02 Å². The van der Waals surface area contributed by atoms with Crippen LogP contribution in [0.15, 0.2) is 12.1 Å². The van der Waals surface area contributed by atoms with E-state index in [0.717, 1.165) is 22.9 Å². The summed E-state index contributed by atoms with van der Waals surface area (Å²) in [7, 11) is 2.10. The molecule has 4 heteroatoms. The van der Waals surface area contributed by atoms with E-state index in [-0.39, 0.29) is 0 Å². The summed E-state index contributed by atoms with van der Waals surface area (Å²) >= 11 is 6.11. The second-order valence-corrected chi connectivity index (χ2v) is 5.56. The van der Waals surface area contributed by atoms with Gasteiger partial charge in [-0.3, -0.25) is 0 Å². The number of piperidine rings is 1. The Hall–Kier alpha value is -1.06. The lowest BCUT2D eigenvalue weighted by atomic mass is 10.0. The van der Waals surface area contributed by atoms with Gasteiger partial charge in [0.15, 0.2) is 0 Å². The fourth-order valence-corrected chi connectivity index (χ4v) is 3.20. The number of halogens is 1. The van der Waals surface area contributed by atoms with Gasteiger partial charge in [0, 0.05) is 12.1 Å². The van der Waals surface area contributed by atoms with Crippen LogP contribution in [0.1, 0.15) is 36.7 Å². The lowest BCUT2D eigenvalue weighted by molar-refractivity contribution is 0.392. The second-order valence-electron chi connectivity index (χ2n) is 5.12. The van der Waals surface area contributed by atoms with Crippen molar-refractivity contribution in [3.8, 4) is 0 Å². The molecule has 0 saturated carbocycles. The Labute approximate surface area is 112 Å². The normalized spacial score (nSPS) is 20.5. The third kappa shape index (κ3) is 1.91. The summed E-state index contributed by atoms with van der Waals surface area (Å²) < 4.78 is 2.21. The third-order valence-corrected chi connectivity index (χ3v) is 4.00. The summed E-state index contributed by atoms with van der Waals surface area (Å²) in [4.78, 5) is 4.77. The van der Waals surface area contributed by atoms with Crippen molar-refractivity contribution >= 4 is 22.6 Å². The first-order chi connectivity index (χ1) is 8.66. The molecule has 18 heavy (non-hydrogen) atoms. The van der Waals surface area contributed by atoms with Gasteiger partial charge in [0.1, 0.15) is 5.82 Å². The highest BCUT2D eigenvalue weighted by atomic mass is 35.5. The third-order valence-electron chi connectivity index (χ3n) is 3.78. The fraction of sp³-hybridized carbons (Fsp3) is 0.500. The summed E-state index contributed by atoms with van der Waals surface area (Å²) in [5.74, 6) is 1.13. The van der Waals surface area contributed by atoms with Crippen LogP contribution in [0, 0.1) is 6.92 Å². The van der Waals surface area contributed by atoms with Gasteiger partial charge in [-0.15, -0.1) is 0 Å². The van der Waals surface area contributed by atoms with E-state index in [9.17, 15) is 0 Å². The minimum Gasteiger partial charge on any atom is -0.330 e. The van der Waals surface area contributed by atoms with Crippen molar-refractivity contribution in [1.82, 2.24) is 14.9 Å². The molecule has 1 aromatic carbocycles. The van der Waals surface area contributed by atoms with Crippen molar-refractivity contribution < 1.29 is 0 Å². The van der Waals surface area contributed by atoms with Crippen LogP contribution in [0.4, 0.5) is 0 Å². The second kappa shape index (κ2) is 4.56. The van der Waals surface area contributed by atoms with E-state index in [1.165, 1.54) is 30.3 Å². The zero-order valence-electron chi connectivity index (χ0n) is 10.8. The standard InChI is InChI=1S/C14H18ClN3/c1-9-7-10(15)8-12-13(9)18(2)14(17-12)11-5-3-4-6-16-11/h7-8,11,16H,3-6H2,1-2H3. The SMILES string of the molecule is Cc1cc(Cl)cc2nc(C3CCCCN3)n(C)c12. The fourth-order valence-electron chi connectivity index (χ4n) is 2.94. The Morgan fingerprint density at radius 1 is 1.39 bits per heavy atom. The molecule has 1 aromatic heterocycles. The first-order valence-electron chi connectivity index (χ1n) is 6.52. The number of aromatic nitrogens is 2. The number of fused-ring (bicyclic) bond motifs is 1. The quantitative estimate of drug-likeness (QED) is 0.855. The number of aryl methyl sites for hydroxylation is 2. The number of hydrogen-bond donors (Lipinski definition) is 1. The molecular weight excluding hydrogens is 246 g/mol. The molecule has 0 bridgehead atoms. The molecule has 2 aromatic rings. The smallest absolute Gasteiger partial charge is 0.126 e. The molecule has 1 unspecified atom stereocenters. The highest BCUT2D eigenvalue weighted by Gasteiger charge is 2.21.